The molecular weight excluding hydrogens is 252 g/mol. The first-order valence-electron chi connectivity index (χ1n) is 4.74. The molecule has 0 aliphatic carbocycles. The SMILES string of the molecule is C=O.N#Cc1csc([N+](=O)[O-])c1-c1ccccc1. The number of benzene rings is 1. The average Bonchev–Trinajstić information content (AvgIpc) is 2.86. The molecule has 18 heavy (non-hydrogen) atoms. The fourth-order valence-corrected chi connectivity index (χ4v) is 2.28. The molecule has 0 radical (unpaired) electrons. The molecule has 0 saturated carbocycles. The highest BCUT2D eigenvalue weighted by atomic mass is 32.1. The number of hydrogen-bond acceptors (Lipinski definition) is 5. The van der Waals surface area contributed by atoms with E-state index in [0.717, 1.165) is 11.3 Å². The van der Waals surface area contributed by atoms with Crippen molar-refractivity contribution < 1.29 is 9.72 Å². The minimum Gasteiger partial charge on any atom is -0.307 e. The fraction of sp³-hybridized carbons (Fsp3) is 0. The third-order valence-corrected chi connectivity index (χ3v) is 3.05. The van der Waals surface area contributed by atoms with Gasteiger partial charge in [0.2, 0.25) is 0 Å². The molecule has 90 valence electrons. The van der Waals surface area contributed by atoms with Crippen LogP contribution in [-0.4, -0.2) is 11.7 Å². The Balaban J connectivity index is 0.000000771. The first-order chi connectivity index (χ1) is 8.74. The third kappa shape index (κ3) is 2.59. The molecule has 0 aliphatic rings. The summed E-state index contributed by atoms with van der Waals surface area (Å²) in [5, 5.41) is 21.3. The molecule has 0 aliphatic heterocycles. The van der Waals surface area contributed by atoms with Crippen molar-refractivity contribution in [3.63, 3.8) is 0 Å². The maximum Gasteiger partial charge on any atom is 0.333 e. The van der Waals surface area contributed by atoms with Gasteiger partial charge in [0.05, 0.1) is 16.1 Å². The van der Waals surface area contributed by atoms with E-state index in [1.807, 2.05) is 18.9 Å². The van der Waals surface area contributed by atoms with E-state index in [-0.39, 0.29) is 5.00 Å². The van der Waals surface area contributed by atoms with E-state index in [0.29, 0.717) is 16.7 Å². The molecule has 0 saturated heterocycles. The van der Waals surface area contributed by atoms with Crippen molar-refractivity contribution in [2.75, 3.05) is 0 Å². The van der Waals surface area contributed by atoms with Gasteiger partial charge in [-0.25, -0.2) is 0 Å². The van der Waals surface area contributed by atoms with Gasteiger partial charge >= 0.3 is 5.00 Å². The Bertz CT molecular complexity index is 587. The van der Waals surface area contributed by atoms with Crippen LogP contribution >= 0.6 is 11.3 Å². The second kappa shape index (κ2) is 6.27. The van der Waals surface area contributed by atoms with E-state index < -0.39 is 4.92 Å². The van der Waals surface area contributed by atoms with Gasteiger partial charge in [-0.2, -0.15) is 5.26 Å². The summed E-state index contributed by atoms with van der Waals surface area (Å²) >= 11 is 0.982. The highest BCUT2D eigenvalue weighted by molar-refractivity contribution is 7.14. The predicted octanol–water partition coefficient (Wildman–Crippen LogP) is 3.01. The monoisotopic (exact) mass is 260 g/mol. The normalized spacial score (nSPS) is 8.83. The standard InChI is InChI=1S/C11H6N2O2S.CH2O/c12-6-9-7-16-11(13(14)15)10(9)8-4-2-1-3-5-8;1-2/h1-5,7H;1H2. The van der Waals surface area contributed by atoms with Gasteiger partial charge < -0.3 is 4.79 Å². The third-order valence-electron chi connectivity index (χ3n) is 2.12. The van der Waals surface area contributed by atoms with E-state index >= 15 is 0 Å². The van der Waals surface area contributed by atoms with Crippen molar-refractivity contribution in [2.45, 2.75) is 0 Å². The van der Waals surface area contributed by atoms with Crippen molar-refractivity contribution in [3.05, 3.63) is 51.4 Å². The first kappa shape index (κ1) is 13.5. The summed E-state index contributed by atoms with van der Waals surface area (Å²) in [5.74, 6) is 0. The van der Waals surface area contributed by atoms with Crippen LogP contribution in [0.4, 0.5) is 5.00 Å². The Morgan fingerprint density at radius 3 is 2.39 bits per heavy atom. The molecule has 6 heteroatoms. The molecule has 0 bridgehead atoms. The molecule has 0 spiro atoms. The zero-order chi connectivity index (χ0) is 13.5. The Morgan fingerprint density at radius 2 is 1.89 bits per heavy atom. The number of nitriles is 1. The summed E-state index contributed by atoms with van der Waals surface area (Å²) in [6.07, 6.45) is 0. The Kier molecular flexibility index (Phi) is 4.72. The van der Waals surface area contributed by atoms with E-state index in [1.54, 1.807) is 24.3 Å². The number of carbonyl (C=O) groups excluding carboxylic acids is 1. The minimum atomic E-state index is -0.451. The van der Waals surface area contributed by atoms with Crippen LogP contribution in [0.5, 0.6) is 0 Å². The average molecular weight is 260 g/mol. The van der Waals surface area contributed by atoms with Gasteiger partial charge in [0.1, 0.15) is 12.9 Å². The molecule has 0 atom stereocenters. The summed E-state index contributed by atoms with van der Waals surface area (Å²) in [5.41, 5.74) is 1.47. The van der Waals surface area contributed by atoms with Crippen LogP contribution in [0.1, 0.15) is 5.56 Å². The summed E-state index contributed by atoms with van der Waals surface area (Å²) in [6.45, 7) is 2.00. The molecule has 2 rings (SSSR count). The highest BCUT2D eigenvalue weighted by Crippen LogP contribution is 2.38. The summed E-state index contributed by atoms with van der Waals surface area (Å²) in [7, 11) is 0. The first-order valence-corrected chi connectivity index (χ1v) is 5.62. The van der Waals surface area contributed by atoms with Crippen molar-refractivity contribution in [3.8, 4) is 17.2 Å². The molecule has 1 aromatic carbocycles. The summed E-state index contributed by atoms with van der Waals surface area (Å²) in [6, 6.07) is 10.9. The van der Waals surface area contributed by atoms with E-state index in [2.05, 4.69) is 0 Å². The lowest BCUT2D eigenvalue weighted by Gasteiger charge is -1.98. The van der Waals surface area contributed by atoms with Gasteiger partial charge in [-0.3, -0.25) is 10.1 Å². The lowest BCUT2D eigenvalue weighted by atomic mass is 10.0. The number of thiophene rings is 1. The van der Waals surface area contributed by atoms with Gasteiger partial charge in [-0.1, -0.05) is 41.7 Å². The highest BCUT2D eigenvalue weighted by Gasteiger charge is 2.22. The van der Waals surface area contributed by atoms with Crippen molar-refractivity contribution in [1.82, 2.24) is 0 Å². The number of nitro groups is 1. The molecule has 1 aromatic heterocycles. The quantitative estimate of drug-likeness (QED) is 0.613. The van der Waals surface area contributed by atoms with Crippen LogP contribution in [0.3, 0.4) is 0 Å². The van der Waals surface area contributed by atoms with Crippen molar-refractivity contribution in [1.29, 1.82) is 5.26 Å². The van der Waals surface area contributed by atoms with E-state index in [4.69, 9.17) is 10.1 Å². The van der Waals surface area contributed by atoms with E-state index in [9.17, 15) is 10.1 Å². The van der Waals surface area contributed by atoms with Gasteiger partial charge in [-0.15, -0.1) is 0 Å². The second-order valence-corrected chi connectivity index (χ2v) is 3.92. The number of nitrogens with zero attached hydrogens (tertiary/aromatic N) is 2. The predicted molar refractivity (Wildman–Crippen MR) is 68.2 cm³/mol. The van der Waals surface area contributed by atoms with Gasteiger partial charge in [-0.05, 0) is 5.56 Å². The number of rotatable bonds is 2. The smallest absolute Gasteiger partial charge is 0.307 e. The molecule has 0 N–H and O–H groups in total. The van der Waals surface area contributed by atoms with Crippen LogP contribution in [0.15, 0.2) is 35.7 Å². The number of hydrogen-bond donors (Lipinski definition) is 0. The Labute approximate surface area is 107 Å². The van der Waals surface area contributed by atoms with Crippen LogP contribution in [0, 0.1) is 21.4 Å². The van der Waals surface area contributed by atoms with Gasteiger partial charge in [0.15, 0.2) is 0 Å². The number of carbonyl (C=O) groups is 1. The van der Waals surface area contributed by atoms with Crippen LogP contribution in [-0.2, 0) is 4.79 Å². The zero-order valence-corrected chi connectivity index (χ0v) is 10.0. The fourth-order valence-electron chi connectivity index (χ4n) is 1.45. The van der Waals surface area contributed by atoms with Gasteiger partial charge in [0, 0.05) is 5.38 Å². The largest absolute Gasteiger partial charge is 0.333 e. The molecule has 0 fully saturated rings. The molecular formula is C12H8N2O3S. The van der Waals surface area contributed by atoms with Gasteiger partial charge in [0.25, 0.3) is 0 Å². The molecule has 5 nitrogen and oxygen atoms in total. The summed E-state index contributed by atoms with van der Waals surface area (Å²) < 4.78 is 0. The maximum absolute atomic E-state index is 10.8. The van der Waals surface area contributed by atoms with Crippen LogP contribution in [0.2, 0.25) is 0 Å². The van der Waals surface area contributed by atoms with Crippen molar-refractivity contribution in [2.24, 2.45) is 0 Å². The molecule has 0 amide bonds. The molecule has 1 heterocycles. The van der Waals surface area contributed by atoms with Crippen molar-refractivity contribution >= 4 is 23.1 Å². The van der Waals surface area contributed by atoms with Crippen LogP contribution in [0.25, 0.3) is 11.1 Å². The minimum absolute atomic E-state index is 0.0164. The van der Waals surface area contributed by atoms with Crippen LogP contribution < -0.4 is 0 Å². The zero-order valence-electron chi connectivity index (χ0n) is 9.20. The topological polar surface area (TPSA) is 84.0 Å². The Hall–Kier alpha value is -2.52. The lowest BCUT2D eigenvalue weighted by molar-refractivity contribution is -0.379. The lowest BCUT2D eigenvalue weighted by Crippen LogP contribution is -1.88. The molecule has 2 aromatic rings. The maximum atomic E-state index is 10.8. The molecule has 0 unspecified atom stereocenters. The second-order valence-electron chi connectivity index (χ2n) is 3.06. The summed E-state index contributed by atoms with van der Waals surface area (Å²) in [4.78, 5) is 18.4. The Morgan fingerprint density at radius 1 is 1.28 bits per heavy atom. The van der Waals surface area contributed by atoms with E-state index in [1.165, 1.54) is 5.38 Å².